The highest BCUT2D eigenvalue weighted by Gasteiger charge is 2.37. The summed E-state index contributed by atoms with van der Waals surface area (Å²) in [4.78, 5) is 2.54. The van der Waals surface area contributed by atoms with Crippen LogP contribution < -0.4 is 5.32 Å². The second kappa shape index (κ2) is 7.61. The van der Waals surface area contributed by atoms with Crippen molar-refractivity contribution in [1.29, 1.82) is 0 Å². The molecular weight excluding hydrogens is 236 g/mol. The molecule has 19 heavy (non-hydrogen) atoms. The van der Waals surface area contributed by atoms with Gasteiger partial charge in [0.2, 0.25) is 0 Å². The summed E-state index contributed by atoms with van der Waals surface area (Å²) in [5.74, 6) is 0.748. The van der Waals surface area contributed by atoms with Crippen LogP contribution >= 0.6 is 0 Å². The predicted molar refractivity (Wildman–Crippen MR) is 82.4 cm³/mol. The quantitative estimate of drug-likeness (QED) is 0.746. The number of aliphatic hydroxyl groups excluding tert-OH is 1. The monoisotopic (exact) mass is 270 g/mol. The molecule has 0 aromatic carbocycles. The first-order valence-corrected chi connectivity index (χ1v) is 8.02. The van der Waals surface area contributed by atoms with E-state index in [-0.39, 0.29) is 12.1 Å². The summed E-state index contributed by atoms with van der Waals surface area (Å²) in [5, 5.41) is 13.3. The van der Waals surface area contributed by atoms with Crippen molar-refractivity contribution in [2.24, 2.45) is 5.92 Å². The van der Waals surface area contributed by atoms with Crippen molar-refractivity contribution in [3.05, 3.63) is 0 Å². The van der Waals surface area contributed by atoms with Crippen LogP contribution in [0.1, 0.15) is 59.8 Å². The Morgan fingerprint density at radius 1 is 1.37 bits per heavy atom. The Morgan fingerprint density at radius 3 is 2.58 bits per heavy atom. The summed E-state index contributed by atoms with van der Waals surface area (Å²) < 4.78 is 0. The minimum Gasteiger partial charge on any atom is -0.394 e. The van der Waals surface area contributed by atoms with E-state index in [1.54, 1.807) is 0 Å². The van der Waals surface area contributed by atoms with E-state index in [2.05, 4.69) is 45.0 Å². The lowest BCUT2D eigenvalue weighted by atomic mass is 9.78. The van der Waals surface area contributed by atoms with E-state index in [0.717, 1.165) is 25.3 Å². The number of aliphatic hydroxyl groups is 1. The lowest BCUT2D eigenvalue weighted by molar-refractivity contribution is 0.0525. The third-order valence-electron chi connectivity index (χ3n) is 4.76. The molecule has 1 fully saturated rings. The van der Waals surface area contributed by atoms with Gasteiger partial charge in [0.25, 0.3) is 0 Å². The molecule has 0 aliphatic heterocycles. The Balaban J connectivity index is 2.62. The third-order valence-corrected chi connectivity index (χ3v) is 4.76. The number of nitrogens with zero attached hydrogens (tertiary/aromatic N) is 1. The van der Waals surface area contributed by atoms with Crippen LogP contribution in [0.3, 0.4) is 0 Å². The molecular formula is C16H34N2O. The maximum atomic E-state index is 9.78. The second-order valence-corrected chi connectivity index (χ2v) is 6.86. The lowest BCUT2D eigenvalue weighted by Gasteiger charge is -2.45. The van der Waals surface area contributed by atoms with Crippen molar-refractivity contribution in [2.75, 3.05) is 20.2 Å². The largest absolute Gasteiger partial charge is 0.394 e. The molecule has 1 saturated carbocycles. The van der Waals surface area contributed by atoms with Crippen LogP contribution in [0.2, 0.25) is 0 Å². The molecule has 3 nitrogen and oxygen atoms in total. The zero-order valence-corrected chi connectivity index (χ0v) is 13.6. The summed E-state index contributed by atoms with van der Waals surface area (Å²) in [6.07, 6.45) is 5.93. The van der Waals surface area contributed by atoms with Crippen molar-refractivity contribution >= 4 is 0 Å². The summed E-state index contributed by atoms with van der Waals surface area (Å²) in [5.41, 5.74) is -0.0382. The Bertz CT molecular complexity index is 253. The van der Waals surface area contributed by atoms with Gasteiger partial charge in [-0.2, -0.15) is 0 Å². The first-order valence-electron chi connectivity index (χ1n) is 8.02. The molecule has 2 N–H and O–H groups in total. The van der Waals surface area contributed by atoms with Gasteiger partial charge in [0.15, 0.2) is 0 Å². The van der Waals surface area contributed by atoms with Crippen LogP contribution in [0.4, 0.5) is 0 Å². The molecule has 0 spiro atoms. The minimum atomic E-state index is -0.0382. The fourth-order valence-electron chi connectivity index (χ4n) is 3.62. The van der Waals surface area contributed by atoms with E-state index in [1.165, 1.54) is 19.3 Å². The molecule has 3 unspecified atom stereocenters. The molecule has 114 valence electrons. The number of likely N-dealkylation sites (N-methyl/N-ethyl adjacent to an activating group) is 1. The van der Waals surface area contributed by atoms with Gasteiger partial charge < -0.3 is 15.3 Å². The summed E-state index contributed by atoms with van der Waals surface area (Å²) >= 11 is 0. The zero-order chi connectivity index (χ0) is 14.5. The van der Waals surface area contributed by atoms with Gasteiger partial charge in [-0.15, -0.1) is 0 Å². The summed E-state index contributed by atoms with van der Waals surface area (Å²) in [6, 6.07) is 1.23. The minimum absolute atomic E-state index is 0.0382. The molecule has 3 atom stereocenters. The van der Waals surface area contributed by atoms with Crippen LogP contribution in [-0.2, 0) is 0 Å². The maximum Gasteiger partial charge on any atom is 0.0613 e. The van der Waals surface area contributed by atoms with Gasteiger partial charge in [-0.1, -0.05) is 20.8 Å². The molecule has 0 saturated heterocycles. The standard InChI is InChI=1S/C16H34N2O/c1-6-17-16(12-19)9-7-8-15(11-16)18(5)14(4)10-13(2)3/h13-15,17,19H,6-12H2,1-5H3. The highest BCUT2D eigenvalue weighted by Crippen LogP contribution is 2.32. The number of hydrogen-bond donors (Lipinski definition) is 2. The molecule has 3 heteroatoms. The fraction of sp³-hybridized carbons (Fsp3) is 1.00. The van der Waals surface area contributed by atoms with E-state index in [9.17, 15) is 5.11 Å². The Hall–Kier alpha value is -0.120. The molecule has 0 radical (unpaired) electrons. The first kappa shape index (κ1) is 16.9. The van der Waals surface area contributed by atoms with Crippen molar-refractivity contribution in [3.8, 4) is 0 Å². The van der Waals surface area contributed by atoms with Crippen LogP contribution in [0, 0.1) is 5.92 Å². The van der Waals surface area contributed by atoms with E-state index >= 15 is 0 Å². The van der Waals surface area contributed by atoms with E-state index < -0.39 is 0 Å². The molecule has 1 aliphatic rings. The van der Waals surface area contributed by atoms with Gasteiger partial charge in [-0.05, 0) is 58.5 Å². The summed E-state index contributed by atoms with van der Waals surface area (Å²) in [6.45, 7) is 10.3. The van der Waals surface area contributed by atoms with E-state index in [4.69, 9.17) is 0 Å². The molecule has 0 amide bonds. The smallest absolute Gasteiger partial charge is 0.0613 e. The molecule has 0 aromatic rings. The van der Waals surface area contributed by atoms with Crippen molar-refractivity contribution in [3.63, 3.8) is 0 Å². The number of rotatable bonds is 7. The van der Waals surface area contributed by atoms with Gasteiger partial charge in [-0.25, -0.2) is 0 Å². The van der Waals surface area contributed by atoms with Gasteiger partial charge >= 0.3 is 0 Å². The SMILES string of the molecule is CCNC1(CO)CCCC(N(C)C(C)CC(C)C)C1. The average molecular weight is 270 g/mol. The Morgan fingerprint density at radius 2 is 2.05 bits per heavy atom. The molecule has 1 rings (SSSR count). The van der Waals surface area contributed by atoms with Gasteiger partial charge in [-0.3, -0.25) is 0 Å². The highest BCUT2D eigenvalue weighted by atomic mass is 16.3. The van der Waals surface area contributed by atoms with Gasteiger partial charge in [0, 0.05) is 17.6 Å². The van der Waals surface area contributed by atoms with Crippen LogP contribution in [0.5, 0.6) is 0 Å². The third kappa shape index (κ3) is 4.73. The average Bonchev–Trinajstić information content (AvgIpc) is 2.37. The predicted octanol–water partition coefficient (Wildman–Crippen LogP) is 2.64. The second-order valence-electron chi connectivity index (χ2n) is 6.86. The first-order chi connectivity index (χ1) is 8.94. The number of hydrogen-bond acceptors (Lipinski definition) is 3. The van der Waals surface area contributed by atoms with Crippen LogP contribution in [0.25, 0.3) is 0 Å². The Labute approximate surface area is 119 Å². The Kier molecular flexibility index (Phi) is 6.78. The number of nitrogens with one attached hydrogen (secondary N) is 1. The maximum absolute atomic E-state index is 9.78. The van der Waals surface area contributed by atoms with E-state index in [0.29, 0.717) is 12.1 Å². The van der Waals surface area contributed by atoms with Gasteiger partial charge in [0.05, 0.1) is 6.61 Å². The molecule has 0 bridgehead atoms. The van der Waals surface area contributed by atoms with Gasteiger partial charge in [0.1, 0.15) is 0 Å². The fourth-order valence-corrected chi connectivity index (χ4v) is 3.62. The van der Waals surface area contributed by atoms with E-state index in [1.807, 2.05) is 0 Å². The molecule has 1 aliphatic carbocycles. The normalized spacial score (nSPS) is 30.0. The zero-order valence-electron chi connectivity index (χ0n) is 13.6. The molecule has 0 aromatic heterocycles. The topological polar surface area (TPSA) is 35.5 Å². The summed E-state index contributed by atoms with van der Waals surface area (Å²) in [7, 11) is 2.26. The lowest BCUT2D eigenvalue weighted by Crippen LogP contribution is -2.56. The molecule has 0 heterocycles. The van der Waals surface area contributed by atoms with Crippen LogP contribution in [-0.4, -0.2) is 47.8 Å². The van der Waals surface area contributed by atoms with Crippen LogP contribution in [0.15, 0.2) is 0 Å². The van der Waals surface area contributed by atoms with Crippen molar-refractivity contribution < 1.29 is 5.11 Å². The highest BCUT2D eigenvalue weighted by molar-refractivity contribution is 4.96. The van der Waals surface area contributed by atoms with Crippen molar-refractivity contribution in [2.45, 2.75) is 77.4 Å². The van der Waals surface area contributed by atoms with Crippen molar-refractivity contribution in [1.82, 2.24) is 10.2 Å².